The second-order valence-electron chi connectivity index (χ2n) is 5.70. The summed E-state index contributed by atoms with van der Waals surface area (Å²) in [6, 6.07) is -0.0357. The lowest BCUT2D eigenvalue weighted by molar-refractivity contribution is -0.138. The van der Waals surface area contributed by atoms with E-state index in [1.807, 2.05) is 0 Å². The highest BCUT2D eigenvalue weighted by atomic mass is 16.4. The van der Waals surface area contributed by atoms with Crippen molar-refractivity contribution in [1.82, 2.24) is 10.2 Å². The van der Waals surface area contributed by atoms with E-state index in [0.29, 0.717) is 13.1 Å². The molecule has 1 aliphatic rings. The van der Waals surface area contributed by atoms with E-state index in [-0.39, 0.29) is 18.4 Å². The number of carboxylic acids is 1. The van der Waals surface area contributed by atoms with Crippen molar-refractivity contribution in [2.45, 2.75) is 58.3 Å². The molecule has 5 heteroatoms. The smallest absolute Gasteiger partial charge is 0.317 e. The van der Waals surface area contributed by atoms with Crippen LogP contribution in [-0.2, 0) is 4.79 Å². The van der Waals surface area contributed by atoms with Crippen LogP contribution in [0.15, 0.2) is 0 Å². The van der Waals surface area contributed by atoms with Crippen molar-refractivity contribution in [3.8, 4) is 0 Å². The average Bonchev–Trinajstić information content (AvgIpc) is 2.85. The van der Waals surface area contributed by atoms with Crippen LogP contribution in [-0.4, -0.2) is 41.6 Å². The number of aliphatic carboxylic acids is 1. The Balaban J connectivity index is 2.04. The summed E-state index contributed by atoms with van der Waals surface area (Å²) in [5, 5.41) is 11.7. The van der Waals surface area contributed by atoms with Gasteiger partial charge in [-0.15, -0.1) is 0 Å². The highest BCUT2D eigenvalue weighted by Crippen LogP contribution is 2.19. The second-order valence-corrected chi connectivity index (χ2v) is 5.70. The molecule has 0 spiro atoms. The quantitative estimate of drug-likeness (QED) is 0.640. The number of unbranched alkanes of at least 4 members (excludes halogenated alkanes) is 5. The lowest BCUT2D eigenvalue weighted by atomic mass is 10.1. The molecule has 2 amide bonds. The topological polar surface area (TPSA) is 69.6 Å². The maximum Gasteiger partial charge on any atom is 0.317 e. The van der Waals surface area contributed by atoms with E-state index < -0.39 is 5.97 Å². The van der Waals surface area contributed by atoms with Crippen LogP contribution in [0, 0.1) is 5.92 Å². The van der Waals surface area contributed by atoms with Gasteiger partial charge >= 0.3 is 12.0 Å². The molecule has 0 bridgehead atoms. The summed E-state index contributed by atoms with van der Waals surface area (Å²) < 4.78 is 0. The molecule has 116 valence electrons. The Morgan fingerprint density at radius 1 is 1.20 bits per heavy atom. The normalized spacial score (nSPS) is 18.2. The third-order valence-corrected chi connectivity index (χ3v) is 3.84. The van der Waals surface area contributed by atoms with Gasteiger partial charge in [0.1, 0.15) is 0 Å². The van der Waals surface area contributed by atoms with Gasteiger partial charge in [-0.3, -0.25) is 4.79 Å². The second kappa shape index (κ2) is 9.61. The lowest BCUT2D eigenvalue weighted by Gasteiger charge is -2.17. The van der Waals surface area contributed by atoms with Gasteiger partial charge in [0.2, 0.25) is 0 Å². The van der Waals surface area contributed by atoms with Gasteiger partial charge in [0.05, 0.1) is 0 Å². The zero-order valence-electron chi connectivity index (χ0n) is 12.6. The van der Waals surface area contributed by atoms with E-state index in [0.717, 1.165) is 19.4 Å². The molecule has 0 saturated carbocycles. The number of hydrogen-bond donors (Lipinski definition) is 2. The summed E-state index contributed by atoms with van der Waals surface area (Å²) in [6.07, 6.45) is 8.25. The first kappa shape index (κ1) is 16.8. The number of urea groups is 1. The van der Waals surface area contributed by atoms with Crippen molar-refractivity contribution in [2.24, 2.45) is 5.92 Å². The van der Waals surface area contributed by atoms with Crippen molar-refractivity contribution in [3.63, 3.8) is 0 Å². The van der Waals surface area contributed by atoms with Crippen LogP contribution >= 0.6 is 0 Å². The van der Waals surface area contributed by atoms with Crippen LogP contribution in [0.1, 0.15) is 58.3 Å². The van der Waals surface area contributed by atoms with E-state index >= 15 is 0 Å². The first-order chi connectivity index (χ1) is 9.63. The molecule has 2 N–H and O–H groups in total. The third-order valence-electron chi connectivity index (χ3n) is 3.84. The molecule has 1 unspecified atom stereocenters. The van der Waals surface area contributed by atoms with Crippen molar-refractivity contribution in [2.75, 3.05) is 19.6 Å². The first-order valence-corrected chi connectivity index (χ1v) is 7.88. The minimum atomic E-state index is -0.774. The van der Waals surface area contributed by atoms with Gasteiger partial charge in [-0.25, -0.2) is 4.79 Å². The minimum absolute atomic E-state index is 0.0357. The standard InChI is InChI=1S/C15H28N2O3/c1-2-3-4-5-6-7-9-16-15(20)17-10-8-13(12-17)11-14(18)19/h13H,2-12H2,1H3,(H,16,20)(H,18,19). The number of rotatable bonds is 9. The number of carbonyl (C=O) groups excluding carboxylic acids is 1. The molecular weight excluding hydrogens is 256 g/mol. The van der Waals surface area contributed by atoms with Gasteiger partial charge in [-0.05, 0) is 18.8 Å². The van der Waals surface area contributed by atoms with Crippen LogP contribution in [0.5, 0.6) is 0 Å². The highest BCUT2D eigenvalue weighted by Gasteiger charge is 2.27. The maximum atomic E-state index is 11.9. The van der Waals surface area contributed by atoms with Crippen molar-refractivity contribution >= 4 is 12.0 Å². The molecule has 1 saturated heterocycles. The Bertz CT molecular complexity index is 307. The summed E-state index contributed by atoms with van der Waals surface area (Å²) >= 11 is 0. The zero-order valence-corrected chi connectivity index (χ0v) is 12.6. The van der Waals surface area contributed by atoms with Gasteiger partial charge in [-0.1, -0.05) is 39.0 Å². The monoisotopic (exact) mass is 284 g/mol. The molecule has 1 rings (SSSR count). The predicted octanol–water partition coefficient (Wildman–Crippen LogP) is 2.85. The fraction of sp³-hybridized carbons (Fsp3) is 0.867. The van der Waals surface area contributed by atoms with E-state index in [9.17, 15) is 9.59 Å². The van der Waals surface area contributed by atoms with Crippen LogP contribution in [0.2, 0.25) is 0 Å². The minimum Gasteiger partial charge on any atom is -0.481 e. The van der Waals surface area contributed by atoms with Gasteiger partial charge in [0, 0.05) is 26.1 Å². The number of amides is 2. The molecule has 5 nitrogen and oxygen atoms in total. The lowest BCUT2D eigenvalue weighted by Crippen LogP contribution is -2.39. The molecule has 0 aromatic rings. The molecule has 0 radical (unpaired) electrons. The van der Waals surface area contributed by atoms with Crippen LogP contribution in [0.4, 0.5) is 4.79 Å². The summed E-state index contributed by atoms with van der Waals surface area (Å²) in [6.45, 7) is 4.19. The van der Waals surface area contributed by atoms with Crippen molar-refractivity contribution in [1.29, 1.82) is 0 Å². The molecule has 20 heavy (non-hydrogen) atoms. The SMILES string of the molecule is CCCCCCCCNC(=O)N1CCC(CC(=O)O)C1. The third kappa shape index (κ3) is 6.78. The van der Waals surface area contributed by atoms with Crippen LogP contribution < -0.4 is 5.32 Å². The number of carbonyl (C=O) groups is 2. The van der Waals surface area contributed by atoms with E-state index in [1.54, 1.807) is 4.90 Å². The summed E-state index contributed by atoms with van der Waals surface area (Å²) in [4.78, 5) is 24.3. The fourth-order valence-electron chi connectivity index (χ4n) is 2.64. The van der Waals surface area contributed by atoms with E-state index in [2.05, 4.69) is 12.2 Å². The summed E-state index contributed by atoms with van der Waals surface area (Å²) in [5.41, 5.74) is 0. The molecule has 1 fully saturated rings. The molecule has 1 aliphatic heterocycles. The number of likely N-dealkylation sites (tertiary alicyclic amines) is 1. The van der Waals surface area contributed by atoms with Gasteiger partial charge < -0.3 is 15.3 Å². The molecule has 0 aliphatic carbocycles. The largest absolute Gasteiger partial charge is 0.481 e. The molecular formula is C15H28N2O3. The van der Waals surface area contributed by atoms with Gasteiger partial charge in [-0.2, -0.15) is 0 Å². The summed E-state index contributed by atoms with van der Waals surface area (Å²) in [7, 11) is 0. The van der Waals surface area contributed by atoms with E-state index in [4.69, 9.17) is 5.11 Å². The molecule has 1 atom stereocenters. The van der Waals surface area contributed by atoms with Gasteiger partial charge in [0.25, 0.3) is 0 Å². The Morgan fingerprint density at radius 2 is 1.90 bits per heavy atom. The Labute approximate surface area is 121 Å². The molecule has 1 heterocycles. The van der Waals surface area contributed by atoms with Crippen LogP contribution in [0.3, 0.4) is 0 Å². The Morgan fingerprint density at radius 3 is 2.60 bits per heavy atom. The predicted molar refractivity (Wildman–Crippen MR) is 78.7 cm³/mol. The maximum absolute atomic E-state index is 11.9. The van der Waals surface area contributed by atoms with Crippen molar-refractivity contribution in [3.05, 3.63) is 0 Å². The highest BCUT2D eigenvalue weighted by molar-refractivity contribution is 5.74. The average molecular weight is 284 g/mol. The number of nitrogens with zero attached hydrogens (tertiary/aromatic N) is 1. The molecule has 0 aromatic carbocycles. The zero-order chi connectivity index (χ0) is 14.8. The van der Waals surface area contributed by atoms with E-state index in [1.165, 1.54) is 32.1 Å². The summed E-state index contributed by atoms with van der Waals surface area (Å²) in [5.74, 6) is -0.656. The Kier molecular flexibility index (Phi) is 8.07. The fourth-order valence-corrected chi connectivity index (χ4v) is 2.64. The van der Waals surface area contributed by atoms with Crippen molar-refractivity contribution < 1.29 is 14.7 Å². The Hall–Kier alpha value is -1.26. The van der Waals surface area contributed by atoms with Crippen LogP contribution in [0.25, 0.3) is 0 Å². The van der Waals surface area contributed by atoms with Gasteiger partial charge in [0.15, 0.2) is 0 Å². The molecule has 0 aromatic heterocycles. The number of carboxylic acid groups (broad SMARTS) is 1. The number of nitrogens with one attached hydrogen (secondary N) is 1. The first-order valence-electron chi connectivity index (χ1n) is 7.88. The number of hydrogen-bond acceptors (Lipinski definition) is 2.